The van der Waals surface area contributed by atoms with Crippen molar-refractivity contribution in [1.29, 1.82) is 0 Å². The van der Waals surface area contributed by atoms with Gasteiger partial charge in [-0.3, -0.25) is 9.59 Å². The number of carbonyl (C=O) groups is 2. The number of nitrogens with one attached hydrogen (secondary N) is 1. The van der Waals surface area contributed by atoms with Gasteiger partial charge in [0.2, 0.25) is 11.8 Å². The summed E-state index contributed by atoms with van der Waals surface area (Å²) < 4.78 is 0. The summed E-state index contributed by atoms with van der Waals surface area (Å²) in [5.41, 5.74) is 0.852. The molecule has 6 heteroatoms. The molecule has 5 nitrogen and oxygen atoms in total. The zero-order valence-corrected chi connectivity index (χ0v) is 12.9. The first kappa shape index (κ1) is 14.4. The number of rotatable bonds is 5. The molecule has 1 aromatic heterocycles. The largest absolute Gasteiger partial charge is 0.356 e. The summed E-state index contributed by atoms with van der Waals surface area (Å²) in [7, 11) is 0. The normalized spacial score (nSPS) is 21.1. The van der Waals surface area contributed by atoms with E-state index in [2.05, 4.69) is 10.3 Å². The number of nitrogens with zero attached hydrogens (tertiary/aromatic N) is 2. The molecule has 3 rings (SSSR count). The molecule has 0 aromatic carbocycles. The van der Waals surface area contributed by atoms with E-state index in [9.17, 15) is 9.59 Å². The van der Waals surface area contributed by atoms with Crippen molar-refractivity contribution in [3.63, 3.8) is 0 Å². The molecule has 112 valence electrons. The van der Waals surface area contributed by atoms with Crippen LogP contribution in [-0.4, -0.2) is 35.1 Å². The standard InChI is InChI=1S/C15H19N3O2S/c1-2-18-11-4-3-7-16-14(11)21-12(15(18)20)8-13(19)17-9-10-5-6-10/h3-4,7,10,12H,2,5-6,8-9H2,1H3,(H,17,19). The SMILES string of the molecule is CCN1C(=O)C(CC(=O)NCC2CC2)Sc2ncccc21. The molecule has 1 saturated carbocycles. The molecule has 1 aliphatic carbocycles. The Morgan fingerprint density at radius 1 is 1.52 bits per heavy atom. The van der Waals surface area contributed by atoms with Crippen LogP contribution in [-0.2, 0) is 9.59 Å². The molecule has 2 heterocycles. The molecule has 1 aliphatic heterocycles. The molecule has 1 atom stereocenters. The number of hydrogen-bond donors (Lipinski definition) is 1. The van der Waals surface area contributed by atoms with Crippen molar-refractivity contribution in [3.8, 4) is 0 Å². The van der Waals surface area contributed by atoms with Crippen LogP contribution >= 0.6 is 11.8 Å². The van der Waals surface area contributed by atoms with Gasteiger partial charge in [0, 0.05) is 25.7 Å². The fourth-order valence-electron chi connectivity index (χ4n) is 2.43. The van der Waals surface area contributed by atoms with Gasteiger partial charge in [-0.05, 0) is 37.8 Å². The van der Waals surface area contributed by atoms with Crippen molar-refractivity contribution in [2.45, 2.75) is 36.5 Å². The van der Waals surface area contributed by atoms with Gasteiger partial charge in [-0.15, -0.1) is 0 Å². The van der Waals surface area contributed by atoms with Gasteiger partial charge < -0.3 is 10.2 Å². The lowest BCUT2D eigenvalue weighted by Crippen LogP contribution is -2.43. The van der Waals surface area contributed by atoms with Gasteiger partial charge in [0.15, 0.2) is 0 Å². The van der Waals surface area contributed by atoms with Gasteiger partial charge in [0.1, 0.15) is 5.03 Å². The summed E-state index contributed by atoms with van der Waals surface area (Å²) in [5.74, 6) is 0.617. The van der Waals surface area contributed by atoms with Crippen molar-refractivity contribution < 1.29 is 9.59 Å². The first-order chi connectivity index (χ1) is 10.2. The molecular formula is C15H19N3O2S. The van der Waals surface area contributed by atoms with Crippen LogP contribution in [0.5, 0.6) is 0 Å². The van der Waals surface area contributed by atoms with Gasteiger partial charge in [-0.1, -0.05) is 11.8 Å². The topological polar surface area (TPSA) is 62.3 Å². The van der Waals surface area contributed by atoms with Crippen LogP contribution in [0, 0.1) is 5.92 Å². The van der Waals surface area contributed by atoms with Crippen LogP contribution in [0.15, 0.2) is 23.4 Å². The molecule has 2 aliphatic rings. The van der Waals surface area contributed by atoms with E-state index in [0.29, 0.717) is 12.5 Å². The molecular weight excluding hydrogens is 286 g/mol. The average molecular weight is 305 g/mol. The highest BCUT2D eigenvalue weighted by Gasteiger charge is 2.35. The Morgan fingerprint density at radius 3 is 3.05 bits per heavy atom. The van der Waals surface area contributed by atoms with Crippen molar-refractivity contribution in [2.75, 3.05) is 18.0 Å². The maximum absolute atomic E-state index is 12.5. The molecule has 2 amide bonds. The Balaban J connectivity index is 1.68. The summed E-state index contributed by atoms with van der Waals surface area (Å²) in [6.07, 6.45) is 4.36. The van der Waals surface area contributed by atoms with Gasteiger partial charge >= 0.3 is 0 Å². The number of pyridine rings is 1. The molecule has 1 fully saturated rings. The number of anilines is 1. The molecule has 1 unspecified atom stereocenters. The van der Waals surface area contributed by atoms with E-state index in [-0.39, 0.29) is 23.5 Å². The van der Waals surface area contributed by atoms with Crippen molar-refractivity contribution in [3.05, 3.63) is 18.3 Å². The van der Waals surface area contributed by atoms with E-state index in [1.165, 1.54) is 24.6 Å². The lowest BCUT2D eigenvalue weighted by atomic mass is 10.2. The lowest BCUT2D eigenvalue weighted by molar-refractivity contribution is -0.124. The maximum Gasteiger partial charge on any atom is 0.241 e. The van der Waals surface area contributed by atoms with Crippen LogP contribution in [0.1, 0.15) is 26.2 Å². The minimum atomic E-state index is -0.369. The molecule has 0 bridgehead atoms. The first-order valence-corrected chi connectivity index (χ1v) is 8.26. The summed E-state index contributed by atoms with van der Waals surface area (Å²) in [5, 5.41) is 3.39. The molecule has 0 radical (unpaired) electrons. The van der Waals surface area contributed by atoms with Crippen molar-refractivity contribution >= 4 is 29.3 Å². The monoisotopic (exact) mass is 305 g/mol. The summed E-state index contributed by atoms with van der Waals surface area (Å²) in [4.78, 5) is 30.5. The minimum absolute atomic E-state index is 0.00423. The van der Waals surface area contributed by atoms with Crippen molar-refractivity contribution in [2.24, 2.45) is 5.92 Å². The molecule has 1 aromatic rings. The average Bonchev–Trinajstić information content (AvgIpc) is 3.30. The quantitative estimate of drug-likeness (QED) is 0.901. The Hall–Kier alpha value is -1.56. The fourth-order valence-corrected chi connectivity index (χ4v) is 3.59. The highest BCUT2D eigenvalue weighted by Crippen LogP contribution is 2.38. The summed E-state index contributed by atoms with van der Waals surface area (Å²) in [6, 6.07) is 3.73. The predicted molar refractivity (Wildman–Crippen MR) is 82.3 cm³/mol. The second-order valence-corrected chi connectivity index (χ2v) is 6.66. The first-order valence-electron chi connectivity index (χ1n) is 7.38. The molecule has 1 N–H and O–H groups in total. The van der Waals surface area contributed by atoms with Crippen LogP contribution in [0.25, 0.3) is 0 Å². The van der Waals surface area contributed by atoms with Crippen LogP contribution in [0.2, 0.25) is 0 Å². The minimum Gasteiger partial charge on any atom is -0.356 e. The molecule has 21 heavy (non-hydrogen) atoms. The zero-order chi connectivity index (χ0) is 14.8. The third-order valence-corrected chi connectivity index (χ3v) is 5.00. The Labute approximate surface area is 128 Å². The number of thioether (sulfide) groups is 1. The molecule has 0 spiro atoms. The van der Waals surface area contributed by atoms with E-state index in [1.807, 2.05) is 19.1 Å². The third-order valence-electron chi connectivity index (χ3n) is 3.81. The predicted octanol–water partition coefficient (Wildman–Crippen LogP) is 1.83. The van der Waals surface area contributed by atoms with E-state index in [4.69, 9.17) is 0 Å². The highest BCUT2D eigenvalue weighted by molar-refractivity contribution is 8.00. The van der Waals surface area contributed by atoms with E-state index < -0.39 is 0 Å². The smallest absolute Gasteiger partial charge is 0.241 e. The van der Waals surface area contributed by atoms with Gasteiger partial charge in [0.05, 0.1) is 10.9 Å². The molecule has 0 saturated heterocycles. The summed E-state index contributed by atoms with van der Waals surface area (Å²) in [6.45, 7) is 3.28. The Bertz CT molecular complexity index is 560. The van der Waals surface area contributed by atoms with Gasteiger partial charge in [-0.25, -0.2) is 4.98 Å². The highest BCUT2D eigenvalue weighted by atomic mass is 32.2. The zero-order valence-electron chi connectivity index (χ0n) is 12.0. The second kappa shape index (κ2) is 6.05. The van der Waals surface area contributed by atoms with E-state index in [1.54, 1.807) is 11.1 Å². The van der Waals surface area contributed by atoms with Crippen LogP contribution in [0.3, 0.4) is 0 Å². The van der Waals surface area contributed by atoms with Gasteiger partial charge in [0.25, 0.3) is 0 Å². The Kier molecular flexibility index (Phi) is 4.14. The number of carbonyl (C=O) groups excluding carboxylic acids is 2. The summed E-state index contributed by atoms with van der Waals surface area (Å²) >= 11 is 1.40. The Morgan fingerprint density at radius 2 is 2.33 bits per heavy atom. The fraction of sp³-hybridized carbons (Fsp3) is 0.533. The van der Waals surface area contributed by atoms with Crippen LogP contribution in [0.4, 0.5) is 5.69 Å². The van der Waals surface area contributed by atoms with E-state index >= 15 is 0 Å². The van der Waals surface area contributed by atoms with E-state index in [0.717, 1.165) is 17.3 Å². The number of hydrogen-bond acceptors (Lipinski definition) is 4. The maximum atomic E-state index is 12.5. The number of fused-ring (bicyclic) bond motifs is 1. The second-order valence-electron chi connectivity index (χ2n) is 5.47. The van der Waals surface area contributed by atoms with Gasteiger partial charge in [-0.2, -0.15) is 0 Å². The lowest BCUT2D eigenvalue weighted by Gasteiger charge is -2.31. The van der Waals surface area contributed by atoms with Crippen LogP contribution < -0.4 is 10.2 Å². The third kappa shape index (κ3) is 3.20. The van der Waals surface area contributed by atoms with Crippen molar-refractivity contribution in [1.82, 2.24) is 10.3 Å². The number of aromatic nitrogens is 1. The number of amides is 2.